The van der Waals surface area contributed by atoms with Crippen LogP contribution in [0.15, 0.2) is 24.3 Å². The number of hydrogen-bond acceptors (Lipinski definition) is 3. The van der Waals surface area contributed by atoms with Crippen LogP contribution in [0.1, 0.15) is 34.1 Å². The van der Waals surface area contributed by atoms with Crippen LogP contribution in [0.4, 0.5) is 5.69 Å². The van der Waals surface area contributed by atoms with Gasteiger partial charge in [0.1, 0.15) is 5.75 Å². The van der Waals surface area contributed by atoms with Crippen LogP contribution in [0.2, 0.25) is 0 Å². The first-order valence-corrected chi connectivity index (χ1v) is 7.86. The third kappa shape index (κ3) is 3.66. The smallest absolute Gasteiger partial charge is 0.121 e. The number of rotatable bonds is 5. The molecule has 0 bridgehead atoms. The molecule has 1 aliphatic rings. The number of hydrogen-bond donors (Lipinski definition) is 1. The molecule has 1 fully saturated rings. The molecule has 112 valence electrons. The lowest BCUT2D eigenvalue weighted by Gasteiger charge is -2.40. The molecule has 1 aliphatic heterocycles. The van der Waals surface area contributed by atoms with Crippen LogP contribution in [0.25, 0.3) is 0 Å². The van der Waals surface area contributed by atoms with E-state index < -0.39 is 0 Å². The highest BCUT2D eigenvalue weighted by atomic mass is 16.5. The maximum absolute atomic E-state index is 5.95. The van der Waals surface area contributed by atoms with Crippen molar-refractivity contribution in [2.75, 3.05) is 24.5 Å². The minimum absolute atomic E-state index is 0.272. The van der Waals surface area contributed by atoms with Crippen molar-refractivity contribution >= 4 is 5.69 Å². The van der Waals surface area contributed by atoms with E-state index in [2.05, 4.69) is 62.2 Å². The van der Waals surface area contributed by atoms with Crippen LogP contribution in [0.3, 0.4) is 0 Å². The van der Waals surface area contributed by atoms with Crippen LogP contribution in [0, 0.1) is 5.92 Å². The van der Waals surface area contributed by atoms with E-state index in [0.29, 0.717) is 12.0 Å². The minimum atomic E-state index is 0.272. The van der Waals surface area contributed by atoms with E-state index in [-0.39, 0.29) is 6.10 Å². The standard InChI is InChI=1S/C17H28N2O/c1-5-14(4)20-16-8-6-7-15(11-16)19-10-9-18-12-17(19)13(2)3/h6-8,11,13-14,17-18H,5,9-10,12H2,1-4H3. The van der Waals surface area contributed by atoms with E-state index in [1.54, 1.807) is 0 Å². The largest absolute Gasteiger partial charge is 0.491 e. The second-order valence-electron chi connectivity index (χ2n) is 6.04. The van der Waals surface area contributed by atoms with E-state index in [1.807, 2.05) is 0 Å². The molecule has 2 rings (SSSR count). The fraction of sp³-hybridized carbons (Fsp3) is 0.647. The second kappa shape index (κ2) is 6.98. The van der Waals surface area contributed by atoms with Gasteiger partial charge in [-0.3, -0.25) is 0 Å². The van der Waals surface area contributed by atoms with Crippen molar-refractivity contribution in [3.05, 3.63) is 24.3 Å². The van der Waals surface area contributed by atoms with Crippen LogP contribution < -0.4 is 15.0 Å². The Kier molecular flexibility index (Phi) is 5.30. The highest BCUT2D eigenvalue weighted by Crippen LogP contribution is 2.26. The van der Waals surface area contributed by atoms with Gasteiger partial charge in [-0.2, -0.15) is 0 Å². The predicted octanol–water partition coefficient (Wildman–Crippen LogP) is 3.30. The number of anilines is 1. The Labute approximate surface area is 123 Å². The summed E-state index contributed by atoms with van der Waals surface area (Å²) in [4.78, 5) is 2.52. The maximum Gasteiger partial charge on any atom is 0.121 e. The predicted molar refractivity (Wildman–Crippen MR) is 85.7 cm³/mol. The Hall–Kier alpha value is -1.22. The van der Waals surface area contributed by atoms with E-state index in [4.69, 9.17) is 4.74 Å². The molecular weight excluding hydrogens is 248 g/mol. The van der Waals surface area contributed by atoms with Crippen molar-refractivity contribution in [1.82, 2.24) is 5.32 Å². The molecule has 2 unspecified atom stereocenters. The lowest BCUT2D eigenvalue weighted by molar-refractivity contribution is 0.217. The van der Waals surface area contributed by atoms with Gasteiger partial charge in [0.25, 0.3) is 0 Å². The summed E-state index contributed by atoms with van der Waals surface area (Å²) in [5.41, 5.74) is 1.28. The summed E-state index contributed by atoms with van der Waals surface area (Å²) >= 11 is 0. The van der Waals surface area contributed by atoms with Crippen molar-refractivity contribution in [3.8, 4) is 5.75 Å². The Morgan fingerprint density at radius 1 is 1.35 bits per heavy atom. The van der Waals surface area contributed by atoms with Gasteiger partial charge in [-0.05, 0) is 31.4 Å². The maximum atomic E-state index is 5.95. The number of nitrogens with zero attached hydrogens (tertiary/aromatic N) is 1. The van der Waals surface area contributed by atoms with Gasteiger partial charge in [0.15, 0.2) is 0 Å². The van der Waals surface area contributed by atoms with Crippen molar-refractivity contribution in [1.29, 1.82) is 0 Å². The molecular formula is C17H28N2O. The first kappa shape index (κ1) is 15.2. The van der Waals surface area contributed by atoms with Gasteiger partial charge in [0.05, 0.1) is 6.10 Å². The molecule has 1 aromatic carbocycles. The van der Waals surface area contributed by atoms with Gasteiger partial charge in [0, 0.05) is 37.4 Å². The second-order valence-corrected chi connectivity index (χ2v) is 6.04. The molecule has 1 aromatic rings. The van der Waals surface area contributed by atoms with Gasteiger partial charge in [-0.15, -0.1) is 0 Å². The summed E-state index contributed by atoms with van der Waals surface area (Å²) in [6, 6.07) is 9.11. The van der Waals surface area contributed by atoms with Crippen molar-refractivity contribution in [2.45, 2.75) is 46.3 Å². The third-order valence-electron chi connectivity index (χ3n) is 4.11. The molecule has 1 heterocycles. The zero-order valence-electron chi connectivity index (χ0n) is 13.2. The van der Waals surface area contributed by atoms with Crippen molar-refractivity contribution in [3.63, 3.8) is 0 Å². The summed E-state index contributed by atoms with van der Waals surface area (Å²) < 4.78 is 5.95. The summed E-state index contributed by atoms with van der Waals surface area (Å²) in [6.07, 6.45) is 1.31. The number of ether oxygens (including phenoxy) is 1. The normalized spacial score (nSPS) is 21.1. The molecule has 0 aromatic heterocycles. The fourth-order valence-electron chi connectivity index (χ4n) is 2.69. The lowest BCUT2D eigenvalue weighted by Crippen LogP contribution is -2.53. The lowest BCUT2D eigenvalue weighted by atomic mass is 10.00. The Balaban J connectivity index is 2.16. The average molecular weight is 276 g/mol. The van der Waals surface area contributed by atoms with Gasteiger partial charge < -0.3 is 15.0 Å². The summed E-state index contributed by atoms with van der Waals surface area (Å²) in [5.74, 6) is 1.62. The van der Waals surface area contributed by atoms with Crippen LogP contribution in [-0.4, -0.2) is 31.8 Å². The number of nitrogens with one attached hydrogen (secondary N) is 1. The highest BCUT2D eigenvalue weighted by molar-refractivity contribution is 5.52. The van der Waals surface area contributed by atoms with Crippen LogP contribution in [-0.2, 0) is 0 Å². The summed E-state index contributed by atoms with van der Waals surface area (Å²) in [6.45, 7) is 12.0. The van der Waals surface area contributed by atoms with Gasteiger partial charge >= 0.3 is 0 Å². The molecule has 0 aliphatic carbocycles. The minimum Gasteiger partial charge on any atom is -0.491 e. The molecule has 1 N–H and O–H groups in total. The van der Waals surface area contributed by atoms with Gasteiger partial charge in [-0.25, -0.2) is 0 Å². The molecule has 0 amide bonds. The fourth-order valence-corrected chi connectivity index (χ4v) is 2.69. The summed E-state index contributed by atoms with van der Waals surface area (Å²) in [7, 11) is 0. The SMILES string of the molecule is CCC(C)Oc1cccc(N2CCNCC2C(C)C)c1. The zero-order chi connectivity index (χ0) is 14.5. The van der Waals surface area contributed by atoms with Crippen molar-refractivity contribution < 1.29 is 4.74 Å². The number of piperazine rings is 1. The highest BCUT2D eigenvalue weighted by Gasteiger charge is 2.25. The molecule has 2 atom stereocenters. The first-order chi connectivity index (χ1) is 9.61. The Morgan fingerprint density at radius 2 is 2.15 bits per heavy atom. The monoisotopic (exact) mass is 276 g/mol. The Bertz CT molecular complexity index is 419. The molecule has 20 heavy (non-hydrogen) atoms. The van der Waals surface area contributed by atoms with Crippen LogP contribution in [0.5, 0.6) is 5.75 Å². The molecule has 0 radical (unpaired) electrons. The molecule has 1 saturated heterocycles. The van der Waals surface area contributed by atoms with Gasteiger partial charge in [0.2, 0.25) is 0 Å². The van der Waals surface area contributed by atoms with E-state index in [0.717, 1.165) is 31.8 Å². The van der Waals surface area contributed by atoms with Gasteiger partial charge in [-0.1, -0.05) is 26.8 Å². The first-order valence-electron chi connectivity index (χ1n) is 7.86. The topological polar surface area (TPSA) is 24.5 Å². The molecule has 0 spiro atoms. The summed E-state index contributed by atoms with van der Waals surface area (Å²) in [5, 5.41) is 3.50. The molecule has 3 heteroatoms. The van der Waals surface area contributed by atoms with Crippen LogP contribution >= 0.6 is 0 Å². The zero-order valence-corrected chi connectivity index (χ0v) is 13.2. The average Bonchev–Trinajstić information content (AvgIpc) is 2.47. The third-order valence-corrected chi connectivity index (χ3v) is 4.11. The van der Waals surface area contributed by atoms with E-state index in [1.165, 1.54) is 5.69 Å². The Morgan fingerprint density at radius 3 is 2.85 bits per heavy atom. The van der Waals surface area contributed by atoms with E-state index in [9.17, 15) is 0 Å². The van der Waals surface area contributed by atoms with Crippen molar-refractivity contribution in [2.24, 2.45) is 5.92 Å². The number of benzene rings is 1. The van der Waals surface area contributed by atoms with E-state index >= 15 is 0 Å². The molecule has 3 nitrogen and oxygen atoms in total. The quantitative estimate of drug-likeness (QED) is 0.893. The molecule has 0 saturated carbocycles.